The minimum absolute atomic E-state index is 0.128. The molecule has 1 aliphatic rings. The Hall–Kier alpha value is -3.02. The molecule has 0 N–H and O–H groups in total. The van der Waals surface area contributed by atoms with E-state index < -0.39 is 5.60 Å². The lowest BCUT2D eigenvalue weighted by Crippen LogP contribution is -2.36. The van der Waals surface area contributed by atoms with Crippen molar-refractivity contribution in [1.29, 1.82) is 0 Å². The van der Waals surface area contributed by atoms with E-state index in [0.717, 1.165) is 28.7 Å². The maximum absolute atomic E-state index is 12.4. The van der Waals surface area contributed by atoms with Crippen molar-refractivity contribution >= 4 is 11.8 Å². The van der Waals surface area contributed by atoms with Crippen LogP contribution in [0.3, 0.4) is 0 Å². The summed E-state index contributed by atoms with van der Waals surface area (Å²) >= 11 is 0. The van der Waals surface area contributed by atoms with Gasteiger partial charge in [0.05, 0.1) is 20.6 Å². The molecule has 0 bridgehead atoms. The summed E-state index contributed by atoms with van der Waals surface area (Å²) in [5.41, 5.74) is 2.54. The van der Waals surface area contributed by atoms with Gasteiger partial charge in [-0.2, -0.15) is 0 Å². The third-order valence-electron chi connectivity index (χ3n) is 5.47. The Morgan fingerprint density at radius 1 is 0.909 bits per heavy atom. The summed E-state index contributed by atoms with van der Waals surface area (Å²) in [6, 6.07) is 9.56. The largest absolute Gasteiger partial charge is 0.493 e. The molecule has 1 aliphatic carbocycles. The highest BCUT2D eigenvalue weighted by molar-refractivity contribution is 6.01. The number of ketones is 1. The molecule has 0 atom stereocenters. The second-order valence-electron chi connectivity index (χ2n) is 10.2. The van der Waals surface area contributed by atoms with E-state index in [2.05, 4.69) is 0 Å². The monoisotopic (exact) mass is 454 g/mol. The third-order valence-corrected chi connectivity index (χ3v) is 5.47. The highest BCUT2D eigenvalue weighted by Crippen LogP contribution is 2.45. The van der Waals surface area contributed by atoms with Crippen LogP contribution in [-0.2, 0) is 16.0 Å². The Bertz CT molecular complexity index is 1050. The molecule has 0 aromatic heterocycles. The summed E-state index contributed by atoms with van der Waals surface area (Å²) < 4.78 is 23.1. The molecule has 2 aromatic carbocycles. The fourth-order valence-electron chi connectivity index (χ4n) is 3.94. The van der Waals surface area contributed by atoms with Crippen LogP contribution in [0.15, 0.2) is 30.3 Å². The third kappa shape index (κ3) is 5.86. The molecular weight excluding hydrogens is 420 g/mol. The maximum atomic E-state index is 12.4. The lowest BCUT2D eigenvalue weighted by atomic mass is 9.92. The quantitative estimate of drug-likeness (QED) is 0.481. The minimum Gasteiger partial charge on any atom is -0.493 e. The van der Waals surface area contributed by atoms with E-state index in [0.29, 0.717) is 30.1 Å². The first-order valence-electron chi connectivity index (χ1n) is 11.2. The highest BCUT2D eigenvalue weighted by atomic mass is 16.6. The summed E-state index contributed by atoms with van der Waals surface area (Å²) in [7, 11) is 3.13. The number of hydrogen-bond donors (Lipinski definition) is 0. The SMILES string of the molecule is COc1ccc(-c2ccc3c(c2)CCC3=O)c(OCC(C)(C)OC(=O)CC(C)(C)C)c1OC. The minimum atomic E-state index is -0.849. The number of rotatable bonds is 8. The predicted molar refractivity (Wildman–Crippen MR) is 127 cm³/mol. The molecular formula is C27H34O6. The first-order chi connectivity index (χ1) is 15.4. The Labute approximate surface area is 196 Å². The van der Waals surface area contributed by atoms with Crippen molar-refractivity contribution in [2.75, 3.05) is 20.8 Å². The molecule has 0 saturated carbocycles. The smallest absolute Gasteiger partial charge is 0.306 e. The molecule has 178 valence electrons. The second kappa shape index (κ2) is 9.46. The highest BCUT2D eigenvalue weighted by Gasteiger charge is 2.29. The van der Waals surface area contributed by atoms with Crippen LogP contribution in [0.25, 0.3) is 11.1 Å². The number of aryl methyl sites for hydroxylation is 1. The van der Waals surface area contributed by atoms with Gasteiger partial charge in [0.25, 0.3) is 0 Å². The molecule has 0 aliphatic heterocycles. The number of fused-ring (bicyclic) bond motifs is 1. The Kier molecular flexibility index (Phi) is 7.06. The summed E-state index contributed by atoms with van der Waals surface area (Å²) in [5.74, 6) is 1.41. The van der Waals surface area contributed by atoms with Crippen LogP contribution in [0.2, 0.25) is 0 Å². The average Bonchev–Trinajstić information content (AvgIpc) is 3.09. The van der Waals surface area contributed by atoms with Crippen LogP contribution in [-0.4, -0.2) is 38.2 Å². The van der Waals surface area contributed by atoms with Crippen molar-refractivity contribution in [3.05, 3.63) is 41.5 Å². The molecule has 0 heterocycles. The Morgan fingerprint density at radius 3 is 2.24 bits per heavy atom. The van der Waals surface area contributed by atoms with E-state index in [1.165, 1.54) is 0 Å². The molecule has 2 aromatic rings. The molecule has 0 saturated heterocycles. The molecule has 6 heteroatoms. The summed E-state index contributed by atoms with van der Waals surface area (Å²) in [4.78, 5) is 24.4. The number of methoxy groups -OCH3 is 2. The van der Waals surface area contributed by atoms with Gasteiger partial charge in [-0.05, 0) is 48.9 Å². The molecule has 0 fully saturated rings. The number of benzene rings is 2. The van der Waals surface area contributed by atoms with Crippen LogP contribution in [0, 0.1) is 5.41 Å². The van der Waals surface area contributed by atoms with E-state index in [1.807, 2.05) is 65.0 Å². The molecule has 0 amide bonds. The zero-order valence-electron chi connectivity index (χ0n) is 20.7. The van der Waals surface area contributed by atoms with Gasteiger partial charge in [0.15, 0.2) is 17.3 Å². The van der Waals surface area contributed by atoms with Crippen molar-refractivity contribution in [2.24, 2.45) is 5.41 Å². The fourth-order valence-corrected chi connectivity index (χ4v) is 3.94. The topological polar surface area (TPSA) is 71.1 Å². The molecule has 3 rings (SSSR count). The van der Waals surface area contributed by atoms with E-state index in [1.54, 1.807) is 14.2 Å². The predicted octanol–water partition coefficient (Wildman–Crippen LogP) is 5.64. The van der Waals surface area contributed by atoms with Gasteiger partial charge in [-0.15, -0.1) is 0 Å². The van der Waals surface area contributed by atoms with E-state index >= 15 is 0 Å². The van der Waals surface area contributed by atoms with E-state index in [-0.39, 0.29) is 23.8 Å². The Balaban J connectivity index is 1.92. The fraction of sp³-hybridized carbons (Fsp3) is 0.481. The van der Waals surface area contributed by atoms with Crippen molar-refractivity contribution in [3.63, 3.8) is 0 Å². The van der Waals surface area contributed by atoms with Gasteiger partial charge < -0.3 is 18.9 Å². The van der Waals surface area contributed by atoms with E-state index in [4.69, 9.17) is 18.9 Å². The van der Waals surface area contributed by atoms with Gasteiger partial charge in [-0.3, -0.25) is 9.59 Å². The number of esters is 1. The summed E-state index contributed by atoms with van der Waals surface area (Å²) in [5, 5.41) is 0. The van der Waals surface area contributed by atoms with Gasteiger partial charge in [0.1, 0.15) is 12.2 Å². The number of carbonyl (C=O) groups excluding carboxylic acids is 2. The second-order valence-corrected chi connectivity index (χ2v) is 10.2. The van der Waals surface area contributed by atoms with Crippen molar-refractivity contribution in [1.82, 2.24) is 0 Å². The van der Waals surface area contributed by atoms with Gasteiger partial charge in [-0.1, -0.05) is 39.0 Å². The van der Waals surface area contributed by atoms with Gasteiger partial charge in [0, 0.05) is 17.5 Å². The zero-order valence-corrected chi connectivity index (χ0v) is 20.7. The zero-order chi connectivity index (χ0) is 24.4. The molecule has 0 unspecified atom stereocenters. The number of Topliss-reactive ketones (excluding diaryl/α,β-unsaturated/α-hetero) is 1. The first-order valence-corrected chi connectivity index (χ1v) is 11.2. The van der Waals surface area contributed by atoms with Crippen LogP contribution in [0.4, 0.5) is 0 Å². The number of carbonyl (C=O) groups is 2. The summed E-state index contributed by atoms with van der Waals surface area (Å²) in [6.07, 6.45) is 1.60. The van der Waals surface area contributed by atoms with Gasteiger partial charge >= 0.3 is 5.97 Å². The standard InChI is InChI=1S/C27H34O6/c1-26(2,3)15-23(29)33-27(4,5)16-32-24-20(11-13-22(30-6)25(24)31-7)18-8-10-19-17(14-18)9-12-21(19)28/h8,10-11,13-14H,9,12,15-16H2,1-7H3. The van der Waals surface area contributed by atoms with Crippen LogP contribution >= 0.6 is 0 Å². The van der Waals surface area contributed by atoms with Gasteiger partial charge in [0.2, 0.25) is 5.75 Å². The maximum Gasteiger partial charge on any atom is 0.306 e. The summed E-state index contributed by atoms with van der Waals surface area (Å²) in [6.45, 7) is 9.75. The first kappa shape index (κ1) is 24.6. The molecule has 0 spiro atoms. The van der Waals surface area contributed by atoms with Crippen molar-refractivity contribution < 1.29 is 28.5 Å². The van der Waals surface area contributed by atoms with Crippen LogP contribution in [0.1, 0.15) is 63.4 Å². The molecule has 33 heavy (non-hydrogen) atoms. The number of ether oxygens (including phenoxy) is 4. The van der Waals surface area contributed by atoms with Crippen molar-refractivity contribution in [3.8, 4) is 28.4 Å². The van der Waals surface area contributed by atoms with Crippen LogP contribution in [0.5, 0.6) is 17.2 Å². The lowest BCUT2D eigenvalue weighted by molar-refractivity contribution is -0.161. The lowest BCUT2D eigenvalue weighted by Gasteiger charge is -2.28. The van der Waals surface area contributed by atoms with E-state index in [9.17, 15) is 9.59 Å². The number of hydrogen-bond acceptors (Lipinski definition) is 6. The van der Waals surface area contributed by atoms with Crippen LogP contribution < -0.4 is 14.2 Å². The Morgan fingerprint density at radius 2 is 1.61 bits per heavy atom. The normalized spacial score (nSPS) is 13.5. The molecule has 0 radical (unpaired) electrons. The van der Waals surface area contributed by atoms with Gasteiger partial charge in [-0.25, -0.2) is 0 Å². The molecule has 6 nitrogen and oxygen atoms in total. The average molecular weight is 455 g/mol. The van der Waals surface area contributed by atoms with Crippen molar-refractivity contribution in [2.45, 2.75) is 59.5 Å².